The van der Waals surface area contributed by atoms with Crippen LogP contribution in [0.15, 0.2) is 11.6 Å². The molecule has 0 radical (unpaired) electrons. The summed E-state index contributed by atoms with van der Waals surface area (Å²) in [4.78, 5) is 6.83. The Morgan fingerprint density at radius 1 is 1.50 bits per heavy atom. The van der Waals surface area contributed by atoms with Crippen molar-refractivity contribution in [3.8, 4) is 0 Å². The monoisotopic (exact) mass is 210 g/mol. The molecule has 1 aliphatic carbocycles. The second-order valence-electron chi connectivity index (χ2n) is 3.99. The number of anilines is 1. The van der Waals surface area contributed by atoms with Crippen LogP contribution in [0.25, 0.3) is 0 Å². The van der Waals surface area contributed by atoms with Gasteiger partial charge in [-0.25, -0.2) is 4.98 Å². The van der Waals surface area contributed by atoms with Gasteiger partial charge >= 0.3 is 0 Å². The van der Waals surface area contributed by atoms with Gasteiger partial charge in [0.15, 0.2) is 5.13 Å². The van der Waals surface area contributed by atoms with E-state index >= 15 is 0 Å². The standard InChI is InChI=1S/C10H14N2OS/c1-2-8(1)9-7-13-5-4-12(9)10-11-3-6-14-10/h3,6,8-9H,1-2,4-5,7H2. The summed E-state index contributed by atoms with van der Waals surface area (Å²) in [6.07, 6.45) is 4.63. The lowest BCUT2D eigenvalue weighted by Crippen LogP contribution is -2.46. The Balaban J connectivity index is 1.80. The summed E-state index contributed by atoms with van der Waals surface area (Å²) >= 11 is 1.74. The van der Waals surface area contributed by atoms with Crippen molar-refractivity contribution in [1.82, 2.24) is 4.98 Å². The van der Waals surface area contributed by atoms with Crippen molar-refractivity contribution in [3.63, 3.8) is 0 Å². The van der Waals surface area contributed by atoms with E-state index in [1.54, 1.807) is 11.3 Å². The van der Waals surface area contributed by atoms with Crippen LogP contribution in [0.1, 0.15) is 12.8 Å². The molecule has 0 bridgehead atoms. The van der Waals surface area contributed by atoms with Gasteiger partial charge in [-0.1, -0.05) is 0 Å². The maximum atomic E-state index is 5.55. The molecule has 1 saturated heterocycles. The normalized spacial score (nSPS) is 28.0. The summed E-state index contributed by atoms with van der Waals surface area (Å²) in [5, 5.41) is 3.22. The van der Waals surface area contributed by atoms with Gasteiger partial charge in [-0.05, 0) is 18.8 Å². The van der Waals surface area contributed by atoms with Crippen LogP contribution in [-0.4, -0.2) is 30.8 Å². The molecule has 1 aliphatic heterocycles. The highest BCUT2D eigenvalue weighted by molar-refractivity contribution is 7.13. The molecule has 2 heterocycles. The highest BCUT2D eigenvalue weighted by atomic mass is 32.1. The van der Waals surface area contributed by atoms with Gasteiger partial charge in [-0.3, -0.25) is 0 Å². The molecule has 1 aromatic heterocycles. The summed E-state index contributed by atoms with van der Waals surface area (Å²) in [6.45, 7) is 2.75. The largest absolute Gasteiger partial charge is 0.377 e. The van der Waals surface area contributed by atoms with E-state index in [1.165, 1.54) is 18.0 Å². The molecule has 0 N–H and O–H groups in total. The van der Waals surface area contributed by atoms with Crippen LogP contribution < -0.4 is 4.90 Å². The fraction of sp³-hybridized carbons (Fsp3) is 0.700. The first-order chi connectivity index (χ1) is 6.95. The number of hydrogen-bond donors (Lipinski definition) is 0. The van der Waals surface area contributed by atoms with Crippen molar-refractivity contribution in [2.45, 2.75) is 18.9 Å². The van der Waals surface area contributed by atoms with Gasteiger partial charge in [0.1, 0.15) is 0 Å². The van der Waals surface area contributed by atoms with Gasteiger partial charge < -0.3 is 9.64 Å². The molecule has 76 valence electrons. The van der Waals surface area contributed by atoms with Crippen LogP contribution in [0, 0.1) is 5.92 Å². The first-order valence-corrected chi connectivity index (χ1v) is 6.07. The van der Waals surface area contributed by atoms with Gasteiger partial charge in [0, 0.05) is 18.1 Å². The van der Waals surface area contributed by atoms with E-state index in [0.29, 0.717) is 6.04 Å². The predicted molar refractivity (Wildman–Crippen MR) is 56.8 cm³/mol. The minimum atomic E-state index is 0.592. The highest BCUT2D eigenvalue weighted by Gasteiger charge is 2.37. The van der Waals surface area contributed by atoms with Crippen LogP contribution in [0.5, 0.6) is 0 Å². The van der Waals surface area contributed by atoms with E-state index < -0.39 is 0 Å². The number of rotatable bonds is 2. The van der Waals surface area contributed by atoms with Crippen LogP contribution in [0.3, 0.4) is 0 Å². The van der Waals surface area contributed by atoms with Crippen LogP contribution >= 0.6 is 11.3 Å². The predicted octanol–water partition coefficient (Wildman–Crippen LogP) is 1.76. The summed E-state index contributed by atoms with van der Waals surface area (Å²) in [6, 6.07) is 0.592. The molecule has 2 fully saturated rings. The molecule has 1 atom stereocenters. The molecular formula is C10H14N2OS. The van der Waals surface area contributed by atoms with Gasteiger partial charge in [-0.2, -0.15) is 0 Å². The number of morpholine rings is 1. The summed E-state index contributed by atoms with van der Waals surface area (Å²) in [7, 11) is 0. The number of hydrogen-bond acceptors (Lipinski definition) is 4. The van der Waals surface area contributed by atoms with E-state index in [2.05, 4.69) is 15.3 Å². The van der Waals surface area contributed by atoms with Crippen LogP contribution in [-0.2, 0) is 4.74 Å². The van der Waals surface area contributed by atoms with E-state index in [0.717, 1.165) is 25.7 Å². The fourth-order valence-corrected chi connectivity index (χ4v) is 2.82. The molecule has 1 saturated carbocycles. The molecule has 0 aromatic carbocycles. The van der Waals surface area contributed by atoms with Gasteiger partial charge in [0.05, 0.1) is 19.3 Å². The maximum absolute atomic E-state index is 5.55. The third-order valence-electron chi connectivity index (χ3n) is 3.00. The van der Waals surface area contributed by atoms with Crippen molar-refractivity contribution in [2.75, 3.05) is 24.7 Å². The molecule has 0 amide bonds. The van der Waals surface area contributed by atoms with Crippen LogP contribution in [0.4, 0.5) is 5.13 Å². The van der Waals surface area contributed by atoms with Crippen molar-refractivity contribution in [1.29, 1.82) is 0 Å². The van der Waals surface area contributed by atoms with Crippen LogP contribution in [0.2, 0.25) is 0 Å². The number of ether oxygens (including phenoxy) is 1. The zero-order valence-electron chi connectivity index (χ0n) is 8.06. The summed E-state index contributed by atoms with van der Waals surface area (Å²) in [5.41, 5.74) is 0. The van der Waals surface area contributed by atoms with Gasteiger partial charge in [0.2, 0.25) is 0 Å². The molecule has 4 heteroatoms. The van der Waals surface area contributed by atoms with E-state index in [9.17, 15) is 0 Å². The molecule has 14 heavy (non-hydrogen) atoms. The molecule has 1 unspecified atom stereocenters. The van der Waals surface area contributed by atoms with Crippen molar-refractivity contribution in [2.24, 2.45) is 5.92 Å². The average Bonchev–Trinajstić information content (AvgIpc) is 2.94. The first-order valence-electron chi connectivity index (χ1n) is 5.19. The molecule has 1 aromatic rings. The van der Waals surface area contributed by atoms with Crippen molar-refractivity contribution in [3.05, 3.63) is 11.6 Å². The van der Waals surface area contributed by atoms with Gasteiger partial charge in [-0.15, -0.1) is 11.3 Å². The lowest BCUT2D eigenvalue weighted by atomic mass is 10.1. The molecule has 3 nitrogen and oxygen atoms in total. The topological polar surface area (TPSA) is 25.4 Å². The maximum Gasteiger partial charge on any atom is 0.185 e. The molecule has 2 aliphatic rings. The number of thiazole rings is 1. The number of aromatic nitrogens is 1. The zero-order valence-corrected chi connectivity index (χ0v) is 8.87. The van der Waals surface area contributed by atoms with Crippen molar-refractivity contribution >= 4 is 16.5 Å². The second kappa shape index (κ2) is 3.51. The highest BCUT2D eigenvalue weighted by Crippen LogP contribution is 2.38. The summed E-state index contributed by atoms with van der Waals surface area (Å²) < 4.78 is 5.55. The molecular weight excluding hydrogens is 196 g/mol. The van der Waals surface area contributed by atoms with E-state index in [4.69, 9.17) is 4.74 Å². The van der Waals surface area contributed by atoms with Gasteiger partial charge in [0.25, 0.3) is 0 Å². The quantitative estimate of drug-likeness (QED) is 0.743. The minimum absolute atomic E-state index is 0.592. The third kappa shape index (κ3) is 1.53. The lowest BCUT2D eigenvalue weighted by Gasteiger charge is -2.35. The zero-order chi connectivity index (χ0) is 9.38. The molecule has 3 rings (SSSR count). The fourth-order valence-electron chi connectivity index (χ4n) is 2.09. The Hall–Kier alpha value is -0.610. The minimum Gasteiger partial charge on any atom is -0.377 e. The number of nitrogens with zero attached hydrogens (tertiary/aromatic N) is 2. The third-order valence-corrected chi connectivity index (χ3v) is 3.81. The smallest absolute Gasteiger partial charge is 0.185 e. The molecule has 0 spiro atoms. The van der Waals surface area contributed by atoms with E-state index in [-0.39, 0.29) is 0 Å². The van der Waals surface area contributed by atoms with Crippen molar-refractivity contribution < 1.29 is 4.74 Å². The SMILES string of the molecule is c1csc(N2CCOCC2C2CC2)n1. The van der Waals surface area contributed by atoms with E-state index in [1.807, 2.05) is 6.20 Å². The average molecular weight is 210 g/mol. The second-order valence-corrected chi connectivity index (χ2v) is 4.86. The Labute approximate surface area is 87.7 Å². The Bertz CT molecular complexity index is 297. The summed E-state index contributed by atoms with van der Waals surface area (Å²) in [5.74, 6) is 0.860. The Morgan fingerprint density at radius 3 is 3.14 bits per heavy atom. The lowest BCUT2D eigenvalue weighted by molar-refractivity contribution is 0.0878. The Kier molecular flexibility index (Phi) is 2.18. The first kappa shape index (κ1) is 8.68. The Morgan fingerprint density at radius 2 is 2.43 bits per heavy atom.